The van der Waals surface area contributed by atoms with Crippen molar-refractivity contribution in [2.24, 2.45) is 0 Å². The van der Waals surface area contributed by atoms with Gasteiger partial charge in [0, 0.05) is 5.56 Å². The summed E-state index contributed by atoms with van der Waals surface area (Å²) >= 11 is 0. The Morgan fingerprint density at radius 3 is 2.47 bits per heavy atom. The van der Waals surface area contributed by atoms with E-state index in [1.807, 2.05) is 0 Å². The van der Waals surface area contributed by atoms with Crippen LogP contribution in [0.5, 0.6) is 5.75 Å². The smallest absolute Gasteiger partial charge is 0.307 e. The van der Waals surface area contributed by atoms with E-state index < -0.39 is 18.0 Å². The second-order valence-corrected chi connectivity index (χ2v) is 3.82. The van der Waals surface area contributed by atoms with Crippen LogP contribution < -0.4 is 4.74 Å². The highest BCUT2D eigenvalue weighted by molar-refractivity contribution is 5.69. The fraction of sp³-hybridized carbons (Fsp3) is 0.308. The molecule has 0 saturated carbocycles. The molecule has 1 aromatic rings. The van der Waals surface area contributed by atoms with Gasteiger partial charge >= 0.3 is 5.97 Å². The molecule has 4 heteroatoms. The number of methoxy groups -OCH3 is 1. The maximum atomic E-state index is 10.5. The zero-order valence-electron chi connectivity index (χ0n) is 9.73. The van der Waals surface area contributed by atoms with E-state index in [9.17, 15) is 9.90 Å². The third-order valence-electron chi connectivity index (χ3n) is 2.06. The van der Waals surface area contributed by atoms with Gasteiger partial charge in [-0.3, -0.25) is 4.79 Å². The molecule has 0 aliphatic rings. The van der Waals surface area contributed by atoms with Gasteiger partial charge < -0.3 is 14.9 Å². The Hall–Kier alpha value is -1.99. The molecule has 4 nitrogen and oxygen atoms in total. The molecule has 90 valence electrons. The zero-order chi connectivity index (χ0) is 12.9. The van der Waals surface area contributed by atoms with Crippen LogP contribution in [0, 0.1) is 11.8 Å². The van der Waals surface area contributed by atoms with Gasteiger partial charge in [0.2, 0.25) is 0 Å². The lowest BCUT2D eigenvalue weighted by Gasteiger charge is -2.12. The summed E-state index contributed by atoms with van der Waals surface area (Å²) in [6.45, 7) is 1.37. The van der Waals surface area contributed by atoms with Crippen molar-refractivity contribution < 1.29 is 19.7 Å². The van der Waals surface area contributed by atoms with E-state index in [2.05, 4.69) is 11.8 Å². The van der Waals surface area contributed by atoms with Gasteiger partial charge in [-0.05, 0) is 31.2 Å². The number of hydrogen-bond donors (Lipinski definition) is 2. The summed E-state index contributed by atoms with van der Waals surface area (Å²) in [6.07, 6.45) is -0.407. The number of hydrogen-bond acceptors (Lipinski definition) is 3. The fourth-order valence-electron chi connectivity index (χ4n) is 1.22. The van der Waals surface area contributed by atoms with Crippen molar-refractivity contribution in [3.8, 4) is 17.6 Å². The van der Waals surface area contributed by atoms with Gasteiger partial charge in [-0.2, -0.15) is 0 Å². The molecule has 0 aromatic heterocycles. The second kappa shape index (κ2) is 5.37. The normalized spacial score (nSPS) is 13.1. The van der Waals surface area contributed by atoms with E-state index in [4.69, 9.17) is 9.84 Å². The number of carboxylic acids is 1. The van der Waals surface area contributed by atoms with Gasteiger partial charge in [0.05, 0.1) is 13.5 Å². The minimum atomic E-state index is -1.52. The average Bonchev–Trinajstić information content (AvgIpc) is 2.25. The quantitative estimate of drug-likeness (QED) is 0.773. The molecule has 1 rings (SSSR count). The molecule has 0 saturated heterocycles. The first-order valence-corrected chi connectivity index (χ1v) is 5.04. The van der Waals surface area contributed by atoms with Crippen molar-refractivity contribution in [2.75, 3.05) is 7.11 Å². The van der Waals surface area contributed by atoms with E-state index in [0.717, 1.165) is 0 Å². The third kappa shape index (κ3) is 4.58. The first-order valence-electron chi connectivity index (χ1n) is 5.04. The van der Waals surface area contributed by atoms with Crippen molar-refractivity contribution in [1.29, 1.82) is 0 Å². The molecule has 0 heterocycles. The molecule has 0 fully saturated rings. The van der Waals surface area contributed by atoms with Crippen LogP contribution in [0.15, 0.2) is 24.3 Å². The monoisotopic (exact) mass is 234 g/mol. The number of carboxylic acid groups (broad SMARTS) is 1. The van der Waals surface area contributed by atoms with Crippen molar-refractivity contribution in [3.05, 3.63) is 29.8 Å². The minimum Gasteiger partial charge on any atom is -0.497 e. The van der Waals surface area contributed by atoms with Gasteiger partial charge in [0.1, 0.15) is 11.4 Å². The number of aliphatic hydroxyl groups is 1. The first kappa shape index (κ1) is 13.1. The van der Waals surface area contributed by atoms with Gasteiger partial charge in [-0.25, -0.2) is 0 Å². The summed E-state index contributed by atoms with van der Waals surface area (Å²) in [7, 11) is 1.57. The molecule has 1 atom stereocenters. The van der Waals surface area contributed by atoms with Gasteiger partial charge in [0.25, 0.3) is 0 Å². The summed E-state index contributed by atoms with van der Waals surface area (Å²) in [5.74, 6) is 4.88. The van der Waals surface area contributed by atoms with E-state index in [-0.39, 0.29) is 0 Å². The van der Waals surface area contributed by atoms with Crippen LogP contribution in [0.4, 0.5) is 0 Å². The Morgan fingerprint density at radius 2 is 2.00 bits per heavy atom. The van der Waals surface area contributed by atoms with Crippen LogP contribution in [-0.2, 0) is 4.79 Å². The Labute approximate surface area is 99.8 Å². The molecule has 17 heavy (non-hydrogen) atoms. The predicted octanol–water partition coefficient (Wildman–Crippen LogP) is 1.27. The maximum absolute atomic E-state index is 10.5. The third-order valence-corrected chi connectivity index (χ3v) is 2.06. The molecule has 0 radical (unpaired) electrons. The Bertz CT molecular complexity index is 449. The molecule has 0 bridgehead atoms. The van der Waals surface area contributed by atoms with Crippen LogP contribution in [0.1, 0.15) is 18.9 Å². The van der Waals surface area contributed by atoms with Crippen LogP contribution in [-0.4, -0.2) is 28.9 Å². The van der Waals surface area contributed by atoms with Crippen molar-refractivity contribution in [2.45, 2.75) is 18.9 Å². The number of rotatable bonds is 3. The summed E-state index contributed by atoms with van der Waals surface area (Å²) in [5.41, 5.74) is -0.831. The largest absolute Gasteiger partial charge is 0.497 e. The Morgan fingerprint density at radius 1 is 1.41 bits per heavy atom. The Kier molecular flexibility index (Phi) is 4.13. The molecule has 0 amide bonds. The lowest BCUT2D eigenvalue weighted by atomic mass is 10.0. The summed E-state index contributed by atoms with van der Waals surface area (Å²) in [4.78, 5) is 10.5. The molecular formula is C13H14O4. The summed E-state index contributed by atoms with van der Waals surface area (Å²) < 4.78 is 4.99. The fourth-order valence-corrected chi connectivity index (χ4v) is 1.22. The number of ether oxygens (including phenoxy) is 1. The number of benzene rings is 1. The molecule has 1 aromatic carbocycles. The standard InChI is InChI=1S/C13H14O4/c1-13(16,9-12(14)15)8-7-10-3-5-11(17-2)6-4-10/h3-6,16H,9H2,1-2H3,(H,14,15)/t13-/m0/s1. The molecule has 0 unspecified atom stereocenters. The summed E-state index contributed by atoms with van der Waals surface area (Å²) in [5, 5.41) is 18.2. The Balaban J connectivity index is 2.79. The molecule has 0 spiro atoms. The summed E-state index contributed by atoms with van der Waals surface area (Å²) in [6, 6.07) is 6.97. The van der Waals surface area contributed by atoms with Crippen LogP contribution in [0.25, 0.3) is 0 Å². The number of aliphatic carboxylic acids is 1. The van der Waals surface area contributed by atoms with E-state index >= 15 is 0 Å². The van der Waals surface area contributed by atoms with Crippen molar-refractivity contribution in [3.63, 3.8) is 0 Å². The number of carbonyl (C=O) groups is 1. The topological polar surface area (TPSA) is 66.8 Å². The van der Waals surface area contributed by atoms with Gasteiger partial charge in [-0.15, -0.1) is 0 Å². The predicted molar refractivity (Wildman–Crippen MR) is 62.7 cm³/mol. The van der Waals surface area contributed by atoms with Gasteiger partial charge in [-0.1, -0.05) is 11.8 Å². The van der Waals surface area contributed by atoms with E-state index in [1.165, 1.54) is 6.92 Å². The van der Waals surface area contributed by atoms with Crippen molar-refractivity contribution >= 4 is 5.97 Å². The van der Waals surface area contributed by atoms with Crippen LogP contribution in [0.3, 0.4) is 0 Å². The molecule has 2 N–H and O–H groups in total. The van der Waals surface area contributed by atoms with Crippen molar-refractivity contribution in [1.82, 2.24) is 0 Å². The lowest BCUT2D eigenvalue weighted by Crippen LogP contribution is -2.25. The average molecular weight is 234 g/mol. The molecular weight excluding hydrogens is 220 g/mol. The highest BCUT2D eigenvalue weighted by atomic mass is 16.5. The maximum Gasteiger partial charge on any atom is 0.307 e. The zero-order valence-corrected chi connectivity index (χ0v) is 9.73. The SMILES string of the molecule is COc1ccc(C#C[C@](C)(O)CC(=O)O)cc1. The lowest BCUT2D eigenvalue weighted by molar-refractivity contribution is -0.140. The van der Waals surface area contributed by atoms with Crippen LogP contribution >= 0.6 is 0 Å². The first-order chi connectivity index (χ1) is 7.93. The minimum absolute atomic E-state index is 0.407. The highest BCUT2D eigenvalue weighted by Gasteiger charge is 2.20. The second-order valence-electron chi connectivity index (χ2n) is 3.82. The molecule has 0 aliphatic carbocycles. The van der Waals surface area contributed by atoms with E-state index in [0.29, 0.717) is 11.3 Å². The van der Waals surface area contributed by atoms with E-state index in [1.54, 1.807) is 31.4 Å². The highest BCUT2D eigenvalue weighted by Crippen LogP contribution is 2.11. The van der Waals surface area contributed by atoms with Crippen LogP contribution in [0.2, 0.25) is 0 Å². The molecule has 0 aliphatic heterocycles. The van der Waals surface area contributed by atoms with Gasteiger partial charge in [0.15, 0.2) is 0 Å².